The Bertz CT molecular complexity index is 377. The number of hydrogen-bond donors (Lipinski definition) is 1. The summed E-state index contributed by atoms with van der Waals surface area (Å²) in [5, 5.41) is 6.78. The first-order valence-electron chi connectivity index (χ1n) is 4.49. The van der Waals surface area contributed by atoms with Crippen LogP contribution in [0.5, 0.6) is 0 Å². The molecule has 0 unspecified atom stereocenters. The van der Waals surface area contributed by atoms with Gasteiger partial charge in [0.05, 0.1) is 6.20 Å². The first-order chi connectivity index (χ1) is 6.42. The second-order valence-electron chi connectivity index (χ2n) is 3.00. The number of nitrogens with one attached hydrogen (secondary N) is 1. The summed E-state index contributed by atoms with van der Waals surface area (Å²) >= 11 is 0. The highest BCUT2D eigenvalue weighted by molar-refractivity contribution is 5.65. The normalized spacial score (nSPS) is 10.2. The van der Waals surface area contributed by atoms with E-state index in [9.17, 15) is 0 Å². The van der Waals surface area contributed by atoms with Crippen molar-refractivity contribution >= 4 is 0 Å². The topological polar surface area (TPSA) is 28.7 Å². The molecule has 0 saturated carbocycles. The molecule has 2 heteroatoms. The molecule has 2 nitrogen and oxygen atoms in total. The molecule has 0 aliphatic carbocycles. The summed E-state index contributed by atoms with van der Waals surface area (Å²) in [6.07, 6.45) is 4.84. The summed E-state index contributed by atoms with van der Waals surface area (Å²) in [5.41, 5.74) is 3.81. The van der Waals surface area contributed by atoms with Crippen LogP contribution in [0.4, 0.5) is 0 Å². The van der Waals surface area contributed by atoms with Crippen molar-refractivity contribution in [2.45, 2.75) is 13.3 Å². The van der Waals surface area contributed by atoms with Gasteiger partial charge in [-0.3, -0.25) is 5.10 Å². The van der Waals surface area contributed by atoms with Gasteiger partial charge in [0.2, 0.25) is 0 Å². The summed E-state index contributed by atoms with van der Waals surface area (Å²) in [4.78, 5) is 0. The third kappa shape index (κ3) is 1.47. The first-order valence-corrected chi connectivity index (χ1v) is 4.49. The third-order valence-corrected chi connectivity index (χ3v) is 2.21. The van der Waals surface area contributed by atoms with E-state index in [-0.39, 0.29) is 0 Å². The number of rotatable bonds is 2. The molecule has 1 N–H and O–H groups in total. The molecule has 0 saturated heterocycles. The van der Waals surface area contributed by atoms with Gasteiger partial charge in [0.15, 0.2) is 0 Å². The van der Waals surface area contributed by atoms with Gasteiger partial charge >= 0.3 is 0 Å². The lowest BCUT2D eigenvalue weighted by Crippen LogP contribution is -1.84. The van der Waals surface area contributed by atoms with E-state index in [4.69, 9.17) is 0 Å². The fraction of sp³-hybridized carbons (Fsp3) is 0.182. The van der Waals surface area contributed by atoms with Crippen LogP contribution in [0.2, 0.25) is 0 Å². The minimum atomic E-state index is 1.06. The van der Waals surface area contributed by atoms with Gasteiger partial charge in [0.25, 0.3) is 0 Å². The molecule has 1 heterocycles. The highest BCUT2D eigenvalue weighted by atomic mass is 15.1. The largest absolute Gasteiger partial charge is 0.285 e. The summed E-state index contributed by atoms with van der Waals surface area (Å²) in [6, 6.07) is 8.41. The number of aryl methyl sites for hydroxylation is 1. The van der Waals surface area contributed by atoms with Gasteiger partial charge in [0.1, 0.15) is 0 Å². The van der Waals surface area contributed by atoms with E-state index in [1.54, 1.807) is 0 Å². The van der Waals surface area contributed by atoms with Gasteiger partial charge < -0.3 is 0 Å². The van der Waals surface area contributed by atoms with Gasteiger partial charge in [-0.15, -0.1) is 0 Å². The zero-order valence-electron chi connectivity index (χ0n) is 7.62. The molecule has 0 bridgehead atoms. The SMILES string of the molecule is CCc1ccccc1-c1cn[nH]c1. The molecule has 0 atom stereocenters. The summed E-state index contributed by atoms with van der Waals surface area (Å²) in [5.74, 6) is 0. The van der Waals surface area contributed by atoms with Crippen molar-refractivity contribution in [3.8, 4) is 11.1 Å². The van der Waals surface area contributed by atoms with E-state index in [2.05, 4.69) is 41.4 Å². The number of nitrogens with zero attached hydrogens (tertiary/aromatic N) is 1. The van der Waals surface area contributed by atoms with Crippen molar-refractivity contribution in [1.82, 2.24) is 10.2 Å². The smallest absolute Gasteiger partial charge is 0.0565 e. The molecule has 1 aromatic heterocycles. The minimum absolute atomic E-state index is 1.06. The number of H-pyrrole nitrogens is 1. The minimum Gasteiger partial charge on any atom is -0.285 e. The molecule has 13 heavy (non-hydrogen) atoms. The lowest BCUT2D eigenvalue weighted by molar-refractivity contribution is 1.09. The van der Waals surface area contributed by atoms with Crippen LogP contribution in [-0.2, 0) is 6.42 Å². The maximum absolute atomic E-state index is 3.95. The van der Waals surface area contributed by atoms with Crippen LogP contribution in [0.1, 0.15) is 12.5 Å². The first kappa shape index (κ1) is 8.05. The molecule has 2 rings (SSSR count). The second-order valence-corrected chi connectivity index (χ2v) is 3.00. The number of aromatic amines is 1. The number of hydrogen-bond acceptors (Lipinski definition) is 1. The van der Waals surface area contributed by atoms with Crippen LogP contribution in [0, 0.1) is 0 Å². The molecular weight excluding hydrogens is 160 g/mol. The molecular formula is C11H12N2. The molecule has 0 fully saturated rings. The molecule has 2 aromatic rings. The summed E-state index contributed by atoms with van der Waals surface area (Å²) in [7, 11) is 0. The quantitative estimate of drug-likeness (QED) is 0.741. The van der Waals surface area contributed by atoms with Gasteiger partial charge in [0, 0.05) is 11.8 Å². The highest BCUT2D eigenvalue weighted by Crippen LogP contribution is 2.22. The molecule has 0 amide bonds. The van der Waals surface area contributed by atoms with Crippen molar-refractivity contribution in [1.29, 1.82) is 0 Å². The Balaban J connectivity index is 2.51. The van der Waals surface area contributed by atoms with Crippen molar-refractivity contribution in [3.05, 3.63) is 42.2 Å². The molecule has 0 radical (unpaired) electrons. The Morgan fingerprint density at radius 1 is 1.31 bits per heavy atom. The van der Waals surface area contributed by atoms with Crippen molar-refractivity contribution in [2.75, 3.05) is 0 Å². The van der Waals surface area contributed by atoms with E-state index in [0.29, 0.717) is 0 Å². The fourth-order valence-corrected chi connectivity index (χ4v) is 1.51. The predicted molar refractivity (Wildman–Crippen MR) is 53.4 cm³/mol. The molecule has 0 spiro atoms. The second kappa shape index (κ2) is 3.44. The average Bonchev–Trinajstić information content (AvgIpc) is 2.70. The Kier molecular flexibility index (Phi) is 2.13. The average molecular weight is 172 g/mol. The maximum atomic E-state index is 3.95. The van der Waals surface area contributed by atoms with E-state index >= 15 is 0 Å². The van der Waals surface area contributed by atoms with Gasteiger partial charge in [-0.25, -0.2) is 0 Å². The monoisotopic (exact) mass is 172 g/mol. The fourth-order valence-electron chi connectivity index (χ4n) is 1.51. The standard InChI is InChI=1S/C11H12N2/c1-2-9-5-3-4-6-11(9)10-7-12-13-8-10/h3-8H,2H2,1H3,(H,12,13). The number of benzene rings is 1. The van der Waals surface area contributed by atoms with E-state index in [1.165, 1.54) is 11.1 Å². The Morgan fingerprint density at radius 2 is 2.15 bits per heavy atom. The molecule has 0 aliphatic rings. The van der Waals surface area contributed by atoms with Crippen LogP contribution in [0.3, 0.4) is 0 Å². The lowest BCUT2D eigenvalue weighted by atomic mass is 10.0. The number of aromatic nitrogens is 2. The summed E-state index contributed by atoms with van der Waals surface area (Å²) < 4.78 is 0. The summed E-state index contributed by atoms with van der Waals surface area (Å²) in [6.45, 7) is 2.17. The highest BCUT2D eigenvalue weighted by Gasteiger charge is 2.02. The predicted octanol–water partition coefficient (Wildman–Crippen LogP) is 2.64. The van der Waals surface area contributed by atoms with Crippen LogP contribution >= 0.6 is 0 Å². The van der Waals surface area contributed by atoms with Gasteiger partial charge in [-0.1, -0.05) is 31.2 Å². The van der Waals surface area contributed by atoms with Crippen LogP contribution in [-0.4, -0.2) is 10.2 Å². The molecule has 66 valence electrons. The van der Waals surface area contributed by atoms with Crippen LogP contribution in [0.15, 0.2) is 36.7 Å². The Morgan fingerprint density at radius 3 is 2.85 bits per heavy atom. The zero-order valence-corrected chi connectivity index (χ0v) is 7.62. The van der Waals surface area contributed by atoms with E-state index < -0.39 is 0 Å². The Labute approximate surface area is 77.6 Å². The van der Waals surface area contributed by atoms with E-state index in [0.717, 1.165) is 12.0 Å². The van der Waals surface area contributed by atoms with Crippen LogP contribution < -0.4 is 0 Å². The Hall–Kier alpha value is -1.57. The van der Waals surface area contributed by atoms with Gasteiger partial charge in [-0.05, 0) is 17.5 Å². The molecule has 0 aliphatic heterocycles. The van der Waals surface area contributed by atoms with Gasteiger partial charge in [-0.2, -0.15) is 5.10 Å². The lowest BCUT2D eigenvalue weighted by Gasteiger charge is -2.03. The van der Waals surface area contributed by atoms with Crippen LogP contribution in [0.25, 0.3) is 11.1 Å². The van der Waals surface area contributed by atoms with Crippen molar-refractivity contribution < 1.29 is 0 Å². The van der Waals surface area contributed by atoms with Crippen molar-refractivity contribution in [3.63, 3.8) is 0 Å². The third-order valence-electron chi connectivity index (χ3n) is 2.21. The van der Waals surface area contributed by atoms with E-state index in [1.807, 2.05) is 12.4 Å². The maximum Gasteiger partial charge on any atom is 0.0565 e. The van der Waals surface area contributed by atoms with Crippen molar-refractivity contribution in [2.24, 2.45) is 0 Å². The molecule has 1 aromatic carbocycles. The zero-order chi connectivity index (χ0) is 9.10.